The molecule has 114 valence electrons. The summed E-state index contributed by atoms with van der Waals surface area (Å²) in [6, 6.07) is 4.94. The molecule has 0 aliphatic carbocycles. The van der Waals surface area contributed by atoms with E-state index in [0.29, 0.717) is 18.0 Å². The van der Waals surface area contributed by atoms with E-state index in [-0.39, 0.29) is 11.5 Å². The van der Waals surface area contributed by atoms with Gasteiger partial charge in [0.1, 0.15) is 0 Å². The number of hydrogen-bond acceptors (Lipinski definition) is 3. The van der Waals surface area contributed by atoms with Crippen molar-refractivity contribution in [2.45, 2.75) is 33.1 Å². The standard InChI is InChI=1S/C16H22N2O3/c1-3-15(19)17-13-9-12(16(20)21)6-7-14(13)18-8-4-5-11(2)10-18/h6-7,9,11H,3-5,8,10H2,1-2H3,(H,17,19)(H,20,21)/t11-/m0/s1. The lowest BCUT2D eigenvalue weighted by Gasteiger charge is -2.34. The Labute approximate surface area is 125 Å². The fourth-order valence-electron chi connectivity index (χ4n) is 2.69. The zero-order chi connectivity index (χ0) is 15.4. The van der Waals surface area contributed by atoms with Crippen molar-refractivity contribution < 1.29 is 14.7 Å². The van der Waals surface area contributed by atoms with Gasteiger partial charge in [0.25, 0.3) is 0 Å². The molecule has 0 unspecified atom stereocenters. The molecule has 0 radical (unpaired) electrons. The number of hydrogen-bond donors (Lipinski definition) is 2. The van der Waals surface area contributed by atoms with E-state index >= 15 is 0 Å². The Balaban J connectivity index is 2.33. The fraction of sp³-hybridized carbons (Fsp3) is 0.500. The summed E-state index contributed by atoms with van der Waals surface area (Å²) >= 11 is 0. The monoisotopic (exact) mass is 290 g/mol. The molecule has 1 aliphatic heterocycles. The van der Waals surface area contributed by atoms with Crippen molar-refractivity contribution >= 4 is 23.3 Å². The van der Waals surface area contributed by atoms with Gasteiger partial charge in [-0.2, -0.15) is 0 Å². The van der Waals surface area contributed by atoms with Crippen molar-refractivity contribution in [2.24, 2.45) is 5.92 Å². The van der Waals surface area contributed by atoms with Crippen LogP contribution in [0.3, 0.4) is 0 Å². The Bertz CT molecular complexity index is 542. The predicted octanol–water partition coefficient (Wildman–Crippen LogP) is 2.97. The number of carbonyl (C=O) groups excluding carboxylic acids is 1. The molecule has 1 atom stereocenters. The molecule has 1 fully saturated rings. The van der Waals surface area contributed by atoms with Crippen molar-refractivity contribution in [3.05, 3.63) is 23.8 Å². The number of aromatic carboxylic acids is 1. The van der Waals surface area contributed by atoms with Gasteiger partial charge in [0, 0.05) is 19.5 Å². The van der Waals surface area contributed by atoms with E-state index in [0.717, 1.165) is 25.2 Å². The third-order valence-electron chi connectivity index (χ3n) is 3.84. The van der Waals surface area contributed by atoms with Gasteiger partial charge in [-0.1, -0.05) is 13.8 Å². The molecule has 0 aromatic heterocycles. The van der Waals surface area contributed by atoms with Gasteiger partial charge < -0.3 is 15.3 Å². The maximum Gasteiger partial charge on any atom is 0.335 e. The minimum atomic E-state index is -0.986. The molecule has 2 N–H and O–H groups in total. The van der Waals surface area contributed by atoms with Crippen molar-refractivity contribution in [1.29, 1.82) is 0 Å². The molecule has 5 nitrogen and oxygen atoms in total. The van der Waals surface area contributed by atoms with Gasteiger partial charge >= 0.3 is 5.97 Å². The minimum Gasteiger partial charge on any atom is -0.478 e. The zero-order valence-corrected chi connectivity index (χ0v) is 12.6. The van der Waals surface area contributed by atoms with Gasteiger partial charge in [-0.3, -0.25) is 4.79 Å². The molecule has 0 saturated carbocycles. The van der Waals surface area contributed by atoms with Gasteiger partial charge in [0.15, 0.2) is 0 Å². The van der Waals surface area contributed by atoms with Crippen molar-refractivity contribution in [3.63, 3.8) is 0 Å². The predicted molar refractivity (Wildman–Crippen MR) is 82.9 cm³/mol. The van der Waals surface area contributed by atoms with Gasteiger partial charge in [-0.25, -0.2) is 4.79 Å². The molecule has 1 heterocycles. The van der Waals surface area contributed by atoms with Crippen LogP contribution in [-0.2, 0) is 4.79 Å². The van der Waals surface area contributed by atoms with Crippen LogP contribution in [0.5, 0.6) is 0 Å². The first-order chi connectivity index (χ1) is 10.0. The number of carbonyl (C=O) groups is 2. The molecule has 1 aromatic carbocycles. The minimum absolute atomic E-state index is 0.108. The molecule has 1 saturated heterocycles. The maximum atomic E-state index is 11.7. The van der Waals surface area contributed by atoms with Crippen molar-refractivity contribution in [3.8, 4) is 0 Å². The summed E-state index contributed by atoms with van der Waals surface area (Å²) in [5.41, 5.74) is 1.69. The van der Waals surface area contributed by atoms with Crippen LogP contribution in [0.25, 0.3) is 0 Å². The van der Waals surface area contributed by atoms with Gasteiger partial charge in [0.2, 0.25) is 5.91 Å². The van der Waals surface area contributed by atoms with Gasteiger partial charge in [0.05, 0.1) is 16.9 Å². The van der Waals surface area contributed by atoms with Crippen LogP contribution in [-0.4, -0.2) is 30.1 Å². The van der Waals surface area contributed by atoms with E-state index in [2.05, 4.69) is 17.1 Å². The van der Waals surface area contributed by atoms with E-state index < -0.39 is 5.97 Å². The molecule has 5 heteroatoms. The first kappa shape index (κ1) is 15.4. The summed E-state index contributed by atoms with van der Waals surface area (Å²) < 4.78 is 0. The molecule has 2 rings (SSSR count). The van der Waals surface area contributed by atoms with E-state index in [9.17, 15) is 9.59 Å². The number of rotatable bonds is 4. The average Bonchev–Trinajstić information content (AvgIpc) is 2.47. The molecule has 21 heavy (non-hydrogen) atoms. The lowest BCUT2D eigenvalue weighted by atomic mass is 9.99. The van der Waals surface area contributed by atoms with Crippen molar-refractivity contribution in [1.82, 2.24) is 0 Å². The number of nitrogens with zero attached hydrogens (tertiary/aromatic N) is 1. The summed E-state index contributed by atoms with van der Waals surface area (Å²) in [4.78, 5) is 25.0. The fourth-order valence-corrected chi connectivity index (χ4v) is 2.69. The largest absolute Gasteiger partial charge is 0.478 e. The van der Waals surface area contributed by atoms with E-state index in [1.165, 1.54) is 6.42 Å². The van der Waals surface area contributed by atoms with E-state index in [4.69, 9.17) is 5.11 Å². The first-order valence-electron chi connectivity index (χ1n) is 7.43. The van der Waals surface area contributed by atoms with Crippen LogP contribution in [0.2, 0.25) is 0 Å². The number of carboxylic acids is 1. The van der Waals surface area contributed by atoms with Crippen LogP contribution in [0, 0.1) is 5.92 Å². The summed E-state index contributed by atoms with van der Waals surface area (Å²) in [5.74, 6) is -0.489. The number of piperidine rings is 1. The highest BCUT2D eigenvalue weighted by Crippen LogP contribution is 2.31. The zero-order valence-electron chi connectivity index (χ0n) is 12.6. The lowest BCUT2D eigenvalue weighted by molar-refractivity contribution is -0.115. The lowest BCUT2D eigenvalue weighted by Crippen LogP contribution is -2.35. The Morgan fingerprint density at radius 1 is 1.43 bits per heavy atom. The number of carboxylic acid groups (broad SMARTS) is 1. The second kappa shape index (κ2) is 6.61. The van der Waals surface area contributed by atoms with Crippen LogP contribution < -0.4 is 10.2 Å². The Morgan fingerprint density at radius 3 is 2.81 bits per heavy atom. The molecule has 1 aliphatic rings. The normalized spacial score (nSPS) is 18.4. The highest BCUT2D eigenvalue weighted by molar-refractivity contribution is 5.97. The number of benzene rings is 1. The van der Waals surface area contributed by atoms with Gasteiger partial charge in [-0.05, 0) is 37.0 Å². The summed E-state index contributed by atoms with van der Waals surface area (Å²) in [6.45, 7) is 5.86. The summed E-state index contributed by atoms with van der Waals surface area (Å²) in [5, 5.41) is 11.9. The maximum absolute atomic E-state index is 11.7. The quantitative estimate of drug-likeness (QED) is 0.894. The topological polar surface area (TPSA) is 69.6 Å². The van der Waals surface area contributed by atoms with E-state index in [1.807, 2.05) is 0 Å². The number of anilines is 2. The molecule has 0 bridgehead atoms. The SMILES string of the molecule is CCC(=O)Nc1cc(C(=O)O)ccc1N1CCC[C@H](C)C1. The Kier molecular flexibility index (Phi) is 4.83. The highest BCUT2D eigenvalue weighted by atomic mass is 16.4. The Morgan fingerprint density at radius 2 is 2.19 bits per heavy atom. The molecule has 1 amide bonds. The molecular weight excluding hydrogens is 268 g/mol. The molecule has 1 aromatic rings. The average molecular weight is 290 g/mol. The second-order valence-corrected chi connectivity index (χ2v) is 5.63. The van der Waals surface area contributed by atoms with Crippen LogP contribution >= 0.6 is 0 Å². The highest BCUT2D eigenvalue weighted by Gasteiger charge is 2.20. The smallest absolute Gasteiger partial charge is 0.335 e. The number of amides is 1. The van der Waals surface area contributed by atoms with Crippen LogP contribution in [0.4, 0.5) is 11.4 Å². The van der Waals surface area contributed by atoms with Crippen molar-refractivity contribution in [2.75, 3.05) is 23.3 Å². The second-order valence-electron chi connectivity index (χ2n) is 5.63. The van der Waals surface area contributed by atoms with E-state index in [1.54, 1.807) is 25.1 Å². The van der Waals surface area contributed by atoms with Crippen LogP contribution in [0.1, 0.15) is 43.5 Å². The summed E-state index contributed by atoms with van der Waals surface area (Å²) in [6.07, 6.45) is 2.69. The van der Waals surface area contributed by atoms with Crippen LogP contribution in [0.15, 0.2) is 18.2 Å². The number of nitrogens with one attached hydrogen (secondary N) is 1. The Hall–Kier alpha value is -2.04. The first-order valence-corrected chi connectivity index (χ1v) is 7.43. The third-order valence-corrected chi connectivity index (χ3v) is 3.84. The third kappa shape index (κ3) is 3.74. The molecule has 0 spiro atoms. The van der Waals surface area contributed by atoms with Gasteiger partial charge in [-0.15, -0.1) is 0 Å². The molecular formula is C16H22N2O3. The summed E-state index contributed by atoms with van der Waals surface area (Å²) in [7, 11) is 0.